The summed E-state index contributed by atoms with van der Waals surface area (Å²) in [5, 5.41) is 22.0. The number of unbranched alkanes of at least 4 members (excludes halogenated alkanes) is 1. The zero-order valence-electron chi connectivity index (χ0n) is 9.96. The van der Waals surface area contributed by atoms with Crippen LogP contribution in [0.25, 0.3) is 0 Å². The second-order valence-corrected chi connectivity index (χ2v) is 4.89. The first kappa shape index (κ1) is 14.7. The Hall–Kier alpha value is -1.40. The summed E-state index contributed by atoms with van der Waals surface area (Å²) in [5.74, 6) is -1.12. The number of hydrogen-bond acceptors (Lipinski definition) is 4. The number of nitrogens with one attached hydrogen (secondary N) is 1. The van der Waals surface area contributed by atoms with Crippen molar-refractivity contribution in [3.05, 3.63) is 22.4 Å². The molecule has 1 amide bonds. The Morgan fingerprint density at radius 3 is 2.72 bits per heavy atom. The molecule has 5 nitrogen and oxygen atoms in total. The summed E-state index contributed by atoms with van der Waals surface area (Å²) in [6.45, 7) is 0.0662. The van der Waals surface area contributed by atoms with E-state index < -0.39 is 12.0 Å². The maximum Gasteiger partial charge on any atom is 0.305 e. The number of carboxylic acids is 1. The van der Waals surface area contributed by atoms with Gasteiger partial charge in [-0.1, -0.05) is 6.07 Å². The lowest BCUT2D eigenvalue weighted by atomic mass is 10.1. The van der Waals surface area contributed by atoms with Gasteiger partial charge in [0.25, 0.3) is 0 Å². The summed E-state index contributed by atoms with van der Waals surface area (Å²) in [6, 6.07) is 3.17. The molecule has 1 aromatic heterocycles. The highest BCUT2D eigenvalue weighted by Gasteiger charge is 2.18. The van der Waals surface area contributed by atoms with Crippen molar-refractivity contribution in [1.29, 1.82) is 0 Å². The lowest BCUT2D eigenvalue weighted by Crippen LogP contribution is -2.29. The van der Waals surface area contributed by atoms with Gasteiger partial charge in [-0.05, 0) is 24.3 Å². The molecular formula is C12H17NO4S. The SMILES string of the molecule is O=C(O)CC(NC(=O)CCCCO)c1cccs1. The third kappa shape index (κ3) is 5.29. The number of amides is 1. The van der Waals surface area contributed by atoms with Gasteiger partial charge in [-0.15, -0.1) is 11.3 Å². The van der Waals surface area contributed by atoms with Gasteiger partial charge < -0.3 is 15.5 Å². The average molecular weight is 271 g/mol. The molecule has 0 saturated carbocycles. The van der Waals surface area contributed by atoms with E-state index in [9.17, 15) is 9.59 Å². The van der Waals surface area contributed by atoms with Crippen molar-refractivity contribution in [3.63, 3.8) is 0 Å². The first-order valence-electron chi connectivity index (χ1n) is 5.79. The number of carbonyl (C=O) groups is 2. The summed E-state index contributed by atoms with van der Waals surface area (Å²) in [7, 11) is 0. The van der Waals surface area contributed by atoms with E-state index in [4.69, 9.17) is 10.2 Å². The van der Waals surface area contributed by atoms with E-state index in [-0.39, 0.29) is 18.9 Å². The third-order valence-electron chi connectivity index (χ3n) is 2.41. The van der Waals surface area contributed by atoms with Crippen molar-refractivity contribution < 1.29 is 19.8 Å². The van der Waals surface area contributed by atoms with Gasteiger partial charge >= 0.3 is 5.97 Å². The molecule has 1 aromatic rings. The number of carbonyl (C=O) groups excluding carboxylic acids is 1. The van der Waals surface area contributed by atoms with E-state index >= 15 is 0 Å². The molecule has 0 saturated heterocycles. The maximum absolute atomic E-state index is 11.6. The van der Waals surface area contributed by atoms with Crippen molar-refractivity contribution in [2.45, 2.75) is 31.7 Å². The van der Waals surface area contributed by atoms with Crippen LogP contribution in [-0.4, -0.2) is 28.7 Å². The molecule has 0 radical (unpaired) electrons. The fourth-order valence-electron chi connectivity index (χ4n) is 1.55. The van der Waals surface area contributed by atoms with Crippen LogP contribution in [0.15, 0.2) is 17.5 Å². The molecule has 0 aliphatic carbocycles. The fraction of sp³-hybridized carbons (Fsp3) is 0.500. The Morgan fingerprint density at radius 2 is 2.17 bits per heavy atom. The summed E-state index contributed by atoms with van der Waals surface area (Å²) >= 11 is 1.43. The summed E-state index contributed by atoms with van der Waals surface area (Å²) in [5.41, 5.74) is 0. The molecule has 6 heteroatoms. The van der Waals surface area contributed by atoms with E-state index in [1.165, 1.54) is 11.3 Å². The molecule has 0 aliphatic heterocycles. The van der Waals surface area contributed by atoms with Crippen LogP contribution in [0, 0.1) is 0 Å². The fourth-order valence-corrected chi connectivity index (χ4v) is 2.33. The lowest BCUT2D eigenvalue weighted by Gasteiger charge is -2.15. The number of thiophene rings is 1. The monoisotopic (exact) mass is 271 g/mol. The van der Waals surface area contributed by atoms with Crippen molar-refractivity contribution in [3.8, 4) is 0 Å². The van der Waals surface area contributed by atoms with Gasteiger partial charge in [0.05, 0.1) is 12.5 Å². The maximum atomic E-state index is 11.6. The Labute approximate surface area is 109 Å². The first-order valence-corrected chi connectivity index (χ1v) is 6.67. The van der Waals surface area contributed by atoms with E-state index in [0.29, 0.717) is 19.3 Å². The van der Waals surface area contributed by atoms with Crippen molar-refractivity contribution >= 4 is 23.2 Å². The van der Waals surface area contributed by atoms with Gasteiger partial charge in [-0.25, -0.2) is 0 Å². The zero-order valence-corrected chi connectivity index (χ0v) is 10.8. The highest BCUT2D eigenvalue weighted by molar-refractivity contribution is 7.10. The van der Waals surface area contributed by atoms with Crippen molar-refractivity contribution in [1.82, 2.24) is 5.32 Å². The molecule has 100 valence electrons. The summed E-state index contributed by atoms with van der Waals surface area (Å²) in [6.07, 6.45) is 1.37. The minimum atomic E-state index is -0.941. The van der Waals surface area contributed by atoms with Crippen molar-refractivity contribution in [2.75, 3.05) is 6.61 Å². The summed E-state index contributed by atoms with van der Waals surface area (Å²) in [4.78, 5) is 23.2. The third-order valence-corrected chi connectivity index (χ3v) is 3.40. The van der Waals surface area contributed by atoms with Crippen LogP contribution in [0.4, 0.5) is 0 Å². The van der Waals surface area contributed by atoms with Crippen LogP contribution >= 0.6 is 11.3 Å². The Morgan fingerprint density at radius 1 is 1.39 bits per heavy atom. The average Bonchev–Trinajstić information content (AvgIpc) is 2.81. The smallest absolute Gasteiger partial charge is 0.305 e. The second-order valence-electron chi connectivity index (χ2n) is 3.91. The number of hydrogen-bond donors (Lipinski definition) is 3. The molecule has 1 atom stereocenters. The van der Waals surface area contributed by atoms with Crippen LogP contribution in [-0.2, 0) is 9.59 Å². The van der Waals surface area contributed by atoms with Crippen LogP contribution in [0.2, 0.25) is 0 Å². The van der Waals surface area contributed by atoms with Gasteiger partial charge in [0, 0.05) is 17.9 Å². The van der Waals surface area contributed by atoms with Gasteiger partial charge in [0.15, 0.2) is 0 Å². The topological polar surface area (TPSA) is 86.6 Å². The second kappa shape index (κ2) is 7.84. The molecular weight excluding hydrogens is 254 g/mol. The predicted molar refractivity (Wildman–Crippen MR) is 68.4 cm³/mol. The number of rotatable bonds is 8. The molecule has 0 bridgehead atoms. The number of aliphatic hydroxyl groups excluding tert-OH is 1. The lowest BCUT2D eigenvalue weighted by molar-refractivity contribution is -0.137. The molecule has 0 aliphatic rings. The molecule has 0 aromatic carbocycles. The largest absolute Gasteiger partial charge is 0.481 e. The standard InChI is InChI=1S/C12H17NO4S/c14-6-2-1-5-11(15)13-9(8-12(16)17)10-4-3-7-18-10/h3-4,7,9,14H,1-2,5-6,8H2,(H,13,15)(H,16,17). The highest BCUT2D eigenvalue weighted by atomic mass is 32.1. The van der Waals surface area contributed by atoms with Crippen LogP contribution in [0.3, 0.4) is 0 Å². The Bertz CT molecular complexity index is 377. The number of carboxylic acid groups (broad SMARTS) is 1. The quantitative estimate of drug-likeness (QED) is 0.626. The molecule has 18 heavy (non-hydrogen) atoms. The Kier molecular flexibility index (Phi) is 6.38. The first-order chi connectivity index (χ1) is 8.63. The molecule has 1 unspecified atom stereocenters. The molecule has 1 rings (SSSR count). The van der Waals surface area contributed by atoms with Crippen LogP contribution < -0.4 is 5.32 Å². The van der Waals surface area contributed by atoms with E-state index in [1.807, 2.05) is 17.5 Å². The molecule has 0 fully saturated rings. The summed E-state index contributed by atoms with van der Waals surface area (Å²) < 4.78 is 0. The van der Waals surface area contributed by atoms with Gasteiger partial charge in [0.2, 0.25) is 5.91 Å². The van der Waals surface area contributed by atoms with Crippen molar-refractivity contribution in [2.24, 2.45) is 0 Å². The van der Waals surface area contributed by atoms with E-state index in [1.54, 1.807) is 0 Å². The number of aliphatic hydroxyl groups is 1. The predicted octanol–water partition coefficient (Wildman–Crippen LogP) is 1.54. The van der Waals surface area contributed by atoms with Gasteiger partial charge in [-0.3, -0.25) is 9.59 Å². The van der Waals surface area contributed by atoms with Gasteiger partial charge in [0.1, 0.15) is 0 Å². The Balaban J connectivity index is 2.51. The minimum Gasteiger partial charge on any atom is -0.481 e. The van der Waals surface area contributed by atoms with Gasteiger partial charge in [-0.2, -0.15) is 0 Å². The van der Waals surface area contributed by atoms with E-state index in [0.717, 1.165) is 4.88 Å². The normalized spacial score (nSPS) is 12.1. The molecule has 1 heterocycles. The molecule has 0 spiro atoms. The van der Waals surface area contributed by atoms with Crippen LogP contribution in [0.1, 0.15) is 36.6 Å². The molecule has 3 N–H and O–H groups in total. The number of aliphatic carboxylic acids is 1. The highest BCUT2D eigenvalue weighted by Crippen LogP contribution is 2.22. The van der Waals surface area contributed by atoms with E-state index in [2.05, 4.69) is 5.32 Å². The minimum absolute atomic E-state index is 0.0662. The zero-order chi connectivity index (χ0) is 13.4. The van der Waals surface area contributed by atoms with Crippen LogP contribution in [0.5, 0.6) is 0 Å².